The normalized spacial score (nSPS) is 10.8. The Balaban J connectivity index is 4.43. The molecule has 0 spiro atoms. The number of allylic oxidation sites excluding steroid dienone is 1. The number of hydrogen-bond donors (Lipinski definition) is 0. The molecule has 0 aromatic heterocycles. The molecule has 0 aromatic rings. The molecule has 0 atom stereocenters. The zero-order chi connectivity index (χ0) is 10.4. The molecule has 0 aliphatic heterocycles. The van der Waals surface area contributed by atoms with Crippen LogP contribution in [0.3, 0.4) is 0 Å². The maximum Gasteiger partial charge on any atom is 0.211 e. The van der Waals surface area contributed by atoms with E-state index in [1.807, 2.05) is 0 Å². The fourth-order valence-corrected chi connectivity index (χ4v) is 1.01. The topological polar surface area (TPSA) is 51.2 Å². The van der Waals surface area contributed by atoms with E-state index in [4.69, 9.17) is 0 Å². The van der Waals surface area contributed by atoms with E-state index in [1.165, 1.54) is 26.0 Å². The molecule has 72 valence electrons. The van der Waals surface area contributed by atoms with Crippen molar-refractivity contribution in [3.05, 3.63) is 12.2 Å². The third-order valence-corrected chi connectivity index (χ3v) is 2.04. The molecule has 0 saturated carbocycles. The van der Waals surface area contributed by atoms with Crippen molar-refractivity contribution in [2.75, 3.05) is 6.26 Å². The van der Waals surface area contributed by atoms with Gasteiger partial charge in [-0.25, -0.2) is 0 Å². The molecule has 4 heteroatoms. The molecule has 0 N–H and O–H groups in total. The first-order valence-electron chi connectivity index (χ1n) is 3.76. The number of rotatable bonds is 4. The zero-order valence-corrected chi connectivity index (χ0v) is 8.68. The van der Waals surface area contributed by atoms with E-state index in [9.17, 15) is 14.4 Å². The average molecular weight is 200 g/mol. The van der Waals surface area contributed by atoms with Crippen LogP contribution in [0.25, 0.3) is 0 Å². The Kier molecular flexibility index (Phi) is 5.30. The van der Waals surface area contributed by atoms with Crippen molar-refractivity contribution in [2.24, 2.45) is 5.92 Å². The van der Waals surface area contributed by atoms with Crippen LogP contribution in [0.4, 0.5) is 0 Å². The van der Waals surface area contributed by atoms with Gasteiger partial charge in [-0.3, -0.25) is 14.4 Å². The van der Waals surface area contributed by atoms with Crippen LogP contribution >= 0.6 is 11.8 Å². The van der Waals surface area contributed by atoms with Gasteiger partial charge in [0.05, 0.1) is 5.92 Å². The van der Waals surface area contributed by atoms with Gasteiger partial charge in [0.15, 0.2) is 0 Å². The van der Waals surface area contributed by atoms with Crippen molar-refractivity contribution in [1.82, 2.24) is 0 Å². The van der Waals surface area contributed by atoms with Crippen LogP contribution in [0.15, 0.2) is 12.2 Å². The molecule has 0 aliphatic rings. The van der Waals surface area contributed by atoms with E-state index >= 15 is 0 Å². The summed E-state index contributed by atoms with van der Waals surface area (Å²) in [6, 6.07) is 0. The van der Waals surface area contributed by atoms with Crippen molar-refractivity contribution in [3.8, 4) is 0 Å². The fourth-order valence-electron chi connectivity index (χ4n) is 0.800. The van der Waals surface area contributed by atoms with Crippen molar-refractivity contribution in [1.29, 1.82) is 0 Å². The summed E-state index contributed by atoms with van der Waals surface area (Å²) in [6.45, 7) is 2.67. The second kappa shape index (κ2) is 5.70. The van der Waals surface area contributed by atoms with Crippen molar-refractivity contribution in [3.63, 3.8) is 0 Å². The summed E-state index contributed by atoms with van der Waals surface area (Å²) in [5.41, 5.74) is 0. The first kappa shape index (κ1) is 12.1. The van der Waals surface area contributed by atoms with Crippen LogP contribution in [0.2, 0.25) is 0 Å². The number of Topliss-reactive ketones (excluding diaryl/α,β-unsaturated/α-hetero) is 2. The first-order valence-corrected chi connectivity index (χ1v) is 4.98. The van der Waals surface area contributed by atoms with Gasteiger partial charge in [-0.2, -0.15) is 0 Å². The Morgan fingerprint density at radius 2 is 1.62 bits per heavy atom. The third-order valence-electron chi connectivity index (χ3n) is 1.50. The molecule has 0 bridgehead atoms. The Hall–Kier alpha value is -0.900. The highest BCUT2D eigenvalue weighted by molar-refractivity contribution is 8.13. The largest absolute Gasteiger partial charge is 0.299 e. The Labute approximate surface area is 81.6 Å². The second-order valence-electron chi connectivity index (χ2n) is 2.58. The Morgan fingerprint density at radius 3 is 1.92 bits per heavy atom. The lowest BCUT2D eigenvalue weighted by Gasteiger charge is -2.01. The van der Waals surface area contributed by atoms with E-state index in [1.54, 1.807) is 6.26 Å². The Morgan fingerprint density at radius 1 is 1.15 bits per heavy atom. The number of hydrogen-bond acceptors (Lipinski definition) is 4. The molecule has 0 aliphatic carbocycles. The lowest BCUT2D eigenvalue weighted by molar-refractivity contribution is -0.128. The molecule has 0 heterocycles. The summed E-state index contributed by atoms with van der Waals surface area (Å²) in [6.07, 6.45) is 4.25. The van der Waals surface area contributed by atoms with E-state index in [-0.39, 0.29) is 16.7 Å². The van der Waals surface area contributed by atoms with E-state index in [0.717, 1.165) is 11.8 Å². The van der Waals surface area contributed by atoms with Crippen LogP contribution in [0.5, 0.6) is 0 Å². The molecular formula is C9H12O3S. The highest BCUT2D eigenvalue weighted by Crippen LogP contribution is 2.04. The van der Waals surface area contributed by atoms with Crippen LogP contribution in [-0.4, -0.2) is 22.9 Å². The smallest absolute Gasteiger partial charge is 0.211 e. The highest BCUT2D eigenvalue weighted by atomic mass is 32.2. The summed E-state index contributed by atoms with van der Waals surface area (Å²) in [5, 5.41) is -0.160. The highest BCUT2D eigenvalue weighted by Gasteiger charge is 2.15. The van der Waals surface area contributed by atoms with Gasteiger partial charge in [-0.05, 0) is 26.2 Å². The lowest BCUT2D eigenvalue weighted by atomic mass is 10.0. The quantitative estimate of drug-likeness (QED) is 0.506. The van der Waals surface area contributed by atoms with Crippen molar-refractivity contribution in [2.45, 2.75) is 13.8 Å². The molecule has 0 unspecified atom stereocenters. The third kappa shape index (κ3) is 4.62. The Bertz CT molecular complexity index is 242. The van der Waals surface area contributed by atoms with Gasteiger partial charge in [-0.15, -0.1) is 0 Å². The summed E-state index contributed by atoms with van der Waals surface area (Å²) >= 11 is 1.04. The molecule has 0 radical (unpaired) electrons. The van der Waals surface area contributed by atoms with Crippen LogP contribution in [0.1, 0.15) is 13.8 Å². The molecule has 0 rings (SSSR count). The maximum atomic E-state index is 10.9. The number of carbonyl (C=O) groups is 3. The van der Waals surface area contributed by atoms with Crippen LogP contribution < -0.4 is 0 Å². The zero-order valence-electron chi connectivity index (χ0n) is 7.87. The van der Waals surface area contributed by atoms with E-state index in [2.05, 4.69) is 0 Å². The monoisotopic (exact) mass is 200 g/mol. The predicted molar refractivity (Wildman–Crippen MR) is 52.5 cm³/mol. The van der Waals surface area contributed by atoms with Crippen molar-refractivity contribution < 1.29 is 14.4 Å². The minimum Gasteiger partial charge on any atom is -0.299 e. The number of ketones is 2. The fraction of sp³-hybridized carbons (Fsp3) is 0.444. The molecule has 0 saturated heterocycles. The minimum atomic E-state index is -0.768. The van der Waals surface area contributed by atoms with Gasteiger partial charge in [0.25, 0.3) is 0 Å². The second-order valence-corrected chi connectivity index (χ2v) is 3.39. The van der Waals surface area contributed by atoms with Crippen LogP contribution in [-0.2, 0) is 14.4 Å². The van der Waals surface area contributed by atoms with Gasteiger partial charge in [0.1, 0.15) is 11.6 Å². The molecule has 13 heavy (non-hydrogen) atoms. The van der Waals surface area contributed by atoms with Gasteiger partial charge in [0.2, 0.25) is 5.12 Å². The first-order chi connectivity index (χ1) is 5.99. The van der Waals surface area contributed by atoms with Gasteiger partial charge in [-0.1, -0.05) is 17.8 Å². The summed E-state index contributed by atoms with van der Waals surface area (Å²) in [7, 11) is 0. The number of carbonyl (C=O) groups excluding carboxylic acids is 3. The maximum absolute atomic E-state index is 10.9. The van der Waals surface area contributed by atoms with Gasteiger partial charge in [0, 0.05) is 0 Å². The molecule has 0 aromatic carbocycles. The summed E-state index contributed by atoms with van der Waals surface area (Å²) in [4.78, 5) is 32.6. The molecule has 0 fully saturated rings. The van der Waals surface area contributed by atoms with E-state index < -0.39 is 5.92 Å². The van der Waals surface area contributed by atoms with Gasteiger partial charge >= 0.3 is 0 Å². The minimum absolute atomic E-state index is 0.160. The summed E-state index contributed by atoms with van der Waals surface area (Å²) < 4.78 is 0. The van der Waals surface area contributed by atoms with Gasteiger partial charge < -0.3 is 0 Å². The standard InChI is InChI=1S/C9H12O3S/c1-6(10)8(7(2)11)4-5-9(12)13-3/h4-5,8H,1-3H3/b5-4-. The van der Waals surface area contributed by atoms with E-state index in [0.29, 0.717) is 0 Å². The average Bonchev–Trinajstić information content (AvgIpc) is 2.03. The summed E-state index contributed by atoms with van der Waals surface area (Å²) in [5.74, 6) is -1.24. The number of thioether (sulfide) groups is 1. The molecule has 0 amide bonds. The SMILES string of the molecule is CSC(=O)/C=C\C(C(C)=O)C(C)=O. The molecular weight excluding hydrogens is 188 g/mol. The lowest BCUT2D eigenvalue weighted by Crippen LogP contribution is -2.16. The predicted octanol–water partition coefficient (Wildman–Crippen LogP) is 1.23. The van der Waals surface area contributed by atoms with Crippen LogP contribution in [0, 0.1) is 5.92 Å². The van der Waals surface area contributed by atoms with Crippen molar-refractivity contribution >= 4 is 28.4 Å². The molecule has 3 nitrogen and oxygen atoms in total.